The Bertz CT molecular complexity index is 428. The standard InChI is InChI=1S/C17H28N2O3/c1-14(2)22-13-16(20)12-18-8-10-19(11-9-18)15-4-6-17(21-3)7-5-15/h4-7,14,16,20H,8-13H2,1-3H3/p+1/t16-/m1/s1. The Morgan fingerprint density at radius 1 is 1.18 bits per heavy atom. The molecule has 0 radical (unpaired) electrons. The lowest BCUT2D eigenvalue weighted by Crippen LogP contribution is -3.16. The van der Waals surface area contributed by atoms with E-state index in [0.717, 1.165) is 38.5 Å². The summed E-state index contributed by atoms with van der Waals surface area (Å²) in [5.41, 5.74) is 1.24. The first-order valence-electron chi connectivity index (χ1n) is 8.10. The number of nitrogens with one attached hydrogen (secondary N) is 1. The first-order chi connectivity index (χ1) is 10.6. The van der Waals surface area contributed by atoms with Crippen LogP contribution in [0.25, 0.3) is 0 Å². The third-order valence-electron chi connectivity index (χ3n) is 4.05. The Morgan fingerprint density at radius 3 is 2.36 bits per heavy atom. The van der Waals surface area contributed by atoms with Crippen LogP contribution < -0.4 is 14.5 Å². The van der Waals surface area contributed by atoms with Gasteiger partial charge in [0.05, 0.1) is 46.0 Å². The highest BCUT2D eigenvalue weighted by molar-refractivity contribution is 5.49. The van der Waals surface area contributed by atoms with Gasteiger partial charge >= 0.3 is 0 Å². The van der Waals surface area contributed by atoms with Gasteiger partial charge in [-0.3, -0.25) is 0 Å². The number of benzene rings is 1. The van der Waals surface area contributed by atoms with Crippen LogP contribution >= 0.6 is 0 Å². The van der Waals surface area contributed by atoms with Crippen LogP contribution in [-0.2, 0) is 4.74 Å². The monoisotopic (exact) mass is 309 g/mol. The third-order valence-corrected chi connectivity index (χ3v) is 4.05. The van der Waals surface area contributed by atoms with Crippen molar-refractivity contribution in [3.8, 4) is 5.75 Å². The second kappa shape index (κ2) is 8.36. The summed E-state index contributed by atoms with van der Waals surface area (Å²) in [6.07, 6.45) is -0.193. The van der Waals surface area contributed by atoms with Crippen molar-refractivity contribution in [2.75, 3.05) is 51.3 Å². The number of hydrogen-bond donors (Lipinski definition) is 2. The molecule has 1 aliphatic heterocycles. The Labute approximate surface area is 133 Å². The predicted molar refractivity (Wildman–Crippen MR) is 87.9 cm³/mol. The molecule has 2 rings (SSSR count). The van der Waals surface area contributed by atoms with E-state index in [4.69, 9.17) is 9.47 Å². The molecule has 1 heterocycles. The molecular weight excluding hydrogens is 280 g/mol. The summed E-state index contributed by atoms with van der Waals surface area (Å²) in [5, 5.41) is 10.0. The first kappa shape index (κ1) is 17.1. The molecule has 124 valence electrons. The predicted octanol–water partition coefficient (Wildman–Crippen LogP) is 0.186. The number of piperazine rings is 1. The molecule has 0 saturated carbocycles. The van der Waals surface area contributed by atoms with E-state index >= 15 is 0 Å². The number of aliphatic hydroxyl groups excluding tert-OH is 1. The quantitative estimate of drug-likeness (QED) is 0.755. The number of aliphatic hydroxyl groups is 1. The summed E-state index contributed by atoms with van der Waals surface area (Å²) in [7, 11) is 1.69. The summed E-state index contributed by atoms with van der Waals surface area (Å²) in [6.45, 7) is 9.31. The van der Waals surface area contributed by atoms with Gasteiger partial charge in [-0.2, -0.15) is 0 Å². The molecule has 22 heavy (non-hydrogen) atoms. The average molecular weight is 309 g/mol. The van der Waals surface area contributed by atoms with Crippen molar-refractivity contribution in [3.05, 3.63) is 24.3 Å². The Hall–Kier alpha value is -1.30. The lowest BCUT2D eigenvalue weighted by atomic mass is 10.2. The van der Waals surface area contributed by atoms with Crippen molar-refractivity contribution in [1.82, 2.24) is 0 Å². The maximum atomic E-state index is 10.0. The van der Waals surface area contributed by atoms with Gasteiger partial charge in [0.2, 0.25) is 0 Å². The SMILES string of the molecule is COc1ccc(N2CC[NH+](C[C@@H](O)COC(C)C)CC2)cc1. The number of nitrogens with zero attached hydrogens (tertiary/aromatic N) is 1. The normalized spacial score (nSPS) is 17.8. The van der Waals surface area contributed by atoms with Crippen LogP contribution in [-0.4, -0.2) is 63.8 Å². The summed E-state index contributed by atoms with van der Waals surface area (Å²) in [6, 6.07) is 8.22. The lowest BCUT2D eigenvalue weighted by Gasteiger charge is -2.34. The highest BCUT2D eigenvalue weighted by atomic mass is 16.5. The minimum Gasteiger partial charge on any atom is -0.497 e. The van der Waals surface area contributed by atoms with E-state index in [1.165, 1.54) is 10.6 Å². The van der Waals surface area contributed by atoms with Gasteiger partial charge in [-0.05, 0) is 38.1 Å². The molecular formula is C17H29N2O3+. The molecule has 0 aliphatic carbocycles. The van der Waals surface area contributed by atoms with Gasteiger partial charge in [-0.25, -0.2) is 0 Å². The molecule has 0 spiro atoms. The van der Waals surface area contributed by atoms with Gasteiger partial charge in [-0.15, -0.1) is 0 Å². The fourth-order valence-corrected chi connectivity index (χ4v) is 2.77. The topological polar surface area (TPSA) is 46.4 Å². The molecule has 0 bridgehead atoms. The summed E-state index contributed by atoms with van der Waals surface area (Å²) in [4.78, 5) is 3.84. The van der Waals surface area contributed by atoms with Crippen LogP contribution in [0.2, 0.25) is 0 Å². The van der Waals surface area contributed by atoms with Crippen molar-refractivity contribution in [2.24, 2.45) is 0 Å². The minimum absolute atomic E-state index is 0.177. The van der Waals surface area contributed by atoms with Crippen LogP contribution in [0.15, 0.2) is 24.3 Å². The van der Waals surface area contributed by atoms with Gasteiger partial charge in [0.1, 0.15) is 18.4 Å². The number of rotatable bonds is 7. The summed E-state index contributed by atoms with van der Waals surface area (Å²) in [5.74, 6) is 0.890. The number of hydrogen-bond acceptors (Lipinski definition) is 4. The zero-order valence-electron chi connectivity index (χ0n) is 13.9. The zero-order valence-corrected chi connectivity index (χ0v) is 13.9. The van der Waals surface area contributed by atoms with Gasteiger partial charge in [0.25, 0.3) is 0 Å². The maximum Gasteiger partial charge on any atom is 0.126 e. The highest BCUT2D eigenvalue weighted by Gasteiger charge is 2.22. The number of methoxy groups -OCH3 is 1. The van der Waals surface area contributed by atoms with Crippen LogP contribution in [0.3, 0.4) is 0 Å². The van der Waals surface area contributed by atoms with Gasteiger partial charge in [-0.1, -0.05) is 0 Å². The first-order valence-corrected chi connectivity index (χ1v) is 8.10. The number of anilines is 1. The van der Waals surface area contributed by atoms with Crippen LogP contribution in [0.4, 0.5) is 5.69 Å². The van der Waals surface area contributed by atoms with E-state index in [9.17, 15) is 5.11 Å². The van der Waals surface area contributed by atoms with Crippen LogP contribution in [0, 0.1) is 0 Å². The molecule has 1 saturated heterocycles. The smallest absolute Gasteiger partial charge is 0.126 e. The van der Waals surface area contributed by atoms with E-state index < -0.39 is 0 Å². The van der Waals surface area contributed by atoms with Crippen molar-refractivity contribution in [3.63, 3.8) is 0 Å². The van der Waals surface area contributed by atoms with E-state index in [1.807, 2.05) is 26.0 Å². The molecule has 1 aliphatic rings. The lowest BCUT2D eigenvalue weighted by molar-refractivity contribution is -0.903. The van der Waals surface area contributed by atoms with Gasteiger partial charge < -0.3 is 24.4 Å². The summed E-state index contributed by atoms with van der Waals surface area (Å²) < 4.78 is 10.7. The molecule has 0 unspecified atom stereocenters. The summed E-state index contributed by atoms with van der Waals surface area (Å²) >= 11 is 0. The van der Waals surface area contributed by atoms with Crippen molar-refractivity contribution in [1.29, 1.82) is 0 Å². The highest BCUT2D eigenvalue weighted by Crippen LogP contribution is 2.18. The van der Waals surface area contributed by atoms with Gasteiger partial charge in [0.15, 0.2) is 0 Å². The fraction of sp³-hybridized carbons (Fsp3) is 0.647. The zero-order chi connectivity index (χ0) is 15.9. The molecule has 1 fully saturated rings. The van der Waals surface area contributed by atoms with Crippen molar-refractivity contribution < 1.29 is 19.5 Å². The maximum absolute atomic E-state index is 10.0. The number of ether oxygens (including phenoxy) is 2. The largest absolute Gasteiger partial charge is 0.497 e. The molecule has 1 aromatic rings. The molecule has 0 amide bonds. The average Bonchev–Trinajstić information content (AvgIpc) is 2.54. The van der Waals surface area contributed by atoms with Crippen molar-refractivity contribution in [2.45, 2.75) is 26.1 Å². The van der Waals surface area contributed by atoms with E-state index in [0.29, 0.717) is 6.61 Å². The van der Waals surface area contributed by atoms with E-state index in [-0.39, 0.29) is 12.2 Å². The second-order valence-electron chi connectivity index (χ2n) is 6.18. The Balaban J connectivity index is 1.75. The number of quaternary nitrogens is 1. The molecule has 0 aromatic heterocycles. The molecule has 1 atom stereocenters. The Kier molecular flexibility index (Phi) is 6.49. The third kappa shape index (κ3) is 5.16. The molecule has 5 heteroatoms. The van der Waals surface area contributed by atoms with Crippen LogP contribution in [0.1, 0.15) is 13.8 Å². The second-order valence-corrected chi connectivity index (χ2v) is 6.18. The Morgan fingerprint density at radius 2 is 1.82 bits per heavy atom. The minimum atomic E-state index is -0.370. The van der Waals surface area contributed by atoms with Gasteiger partial charge in [0, 0.05) is 5.69 Å². The molecule has 5 nitrogen and oxygen atoms in total. The van der Waals surface area contributed by atoms with Crippen molar-refractivity contribution >= 4 is 5.69 Å². The molecule has 1 aromatic carbocycles. The fourth-order valence-electron chi connectivity index (χ4n) is 2.77. The van der Waals surface area contributed by atoms with E-state index in [1.54, 1.807) is 7.11 Å². The van der Waals surface area contributed by atoms with Crippen LogP contribution in [0.5, 0.6) is 5.75 Å². The van der Waals surface area contributed by atoms with E-state index in [2.05, 4.69) is 17.0 Å². The molecule has 2 N–H and O–H groups in total.